The molecule has 0 bridgehead atoms. The summed E-state index contributed by atoms with van der Waals surface area (Å²) in [6.45, 7) is 0.232. The molecular weight excluding hydrogens is 361 g/mol. The molecule has 2 aromatic carbocycles. The minimum Gasteiger partial charge on any atom is -0.492 e. The quantitative estimate of drug-likeness (QED) is 0.620. The fourth-order valence-electron chi connectivity index (χ4n) is 2.51. The summed E-state index contributed by atoms with van der Waals surface area (Å²) < 4.78 is 46.0. The van der Waals surface area contributed by atoms with Crippen molar-refractivity contribution in [2.75, 3.05) is 18.9 Å². The molecule has 3 rings (SSSR count). The smallest absolute Gasteiger partial charge is 0.326 e. The number of hydrogen-bond donors (Lipinski definition) is 2. The molecule has 0 aliphatic rings. The van der Waals surface area contributed by atoms with Gasteiger partial charge in [0.15, 0.2) is 0 Å². The van der Waals surface area contributed by atoms with Crippen molar-refractivity contribution < 1.29 is 17.5 Å². The fourth-order valence-corrected chi connectivity index (χ4v) is 3.36. The van der Waals surface area contributed by atoms with Crippen LogP contribution >= 0.6 is 0 Å². The number of nitrogens with one attached hydrogen (secondary N) is 2. The molecule has 0 aliphatic carbocycles. The average Bonchev–Trinajstić information content (AvgIpc) is 2.92. The summed E-state index contributed by atoms with van der Waals surface area (Å²) in [5, 5.41) is 0. The number of halogens is 1. The average molecular weight is 379 g/mol. The van der Waals surface area contributed by atoms with Crippen molar-refractivity contribution in [3.05, 3.63) is 64.8 Å². The molecule has 0 atom stereocenters. The highest BCUT2D eigenvalue weighted by Crippen LogP contribution is 2.11. The number of rotatable bonds is 8. The maximum Gasteiger partial charge on any atom is 0.326 e. The molecule has 9 heteroatoms. The van der Waals surface area contributed by atoms with E-state index in [4.69, 9.17) is 4.74 Å². The van der Waals surface area contributed by atoms with Crippen LogP contribution in [0.4, 0.5) is 4.39 Å². The first-order chi connectivity index (χ1) is 12.4. The lowest BCUT2D eigenvalue weighted by Gasteiger charge is -2.09. The zero-order valence-corrected chi connectivity index (χ0v) is 14.6. The monoisotopic (exact) mass is 379 g/mol. The van der Waals surface area contributed by atoms with E-state index in [1.165, 1.54) is 28.8 Å². The Morgan fingerprint density at radius 2 is 1.85 bits per heavy atom. The molecule has 0 unspecified atom stereocenters. The van der Waals surface area contributed by atoms with E-state index in [2.05, 4.69) is 9.71 Å². The van der Waals surface area contributed by atoms with Crippen molar-refractivity contribution in [1.29, 1.82) is 0 Å². The van der Waals surface area contributed by atoms with Gasteiger partial charge in [0, 0.05) is 13.1 Å². The van der Waals surface area contributed by atoms with Gasteiger partial charge in [0.1, 0.15) is 18.2 Å². The fraction of sp³-hybridized carbons (Fsp3) is 0.235. The summed E-state index contributed by atoms with van der Waals surface area (Å²) in [5.41, 5.74) is 1.13. The van der Waals surface area contributed by atoms with E-state index in [1.54, 1.807) is 12.1 Å². The third kappa shape index (κ3) is 4.50. The molecule has 0 spiro atoms. The van der Waals surface area contributed by atoms with Gasteiger partial charge in [-0.15, -0.1) is 0 Å². The molecule has 0 fully saturated rings. The Balaban J connectivity index is 1.51. The first-order valence-electron chi connectivity index (χ1n) is 7.98. The highest BCUT2D eigenvalue weighted by Gasteiger charge is 2.11. The first-order valence-corrected chi connectivity index (χ1v) is 9.63. The van der Waals surface area contributed by atoms with Gasteiger partial charge >= 0.3 is 5.69 Å². The molecule has 138 valence electrons. The van der Waals surface area contributed by atoms with Crippen LogP contribution in [0.5, 0.6) is 5.75 Å². The second-order valence-electron chi connectivity index (χ2n) is 5.61. The third-order valence-electron chi connectivity index (χ3n) is 3.77. The Bertz CT molecular complexity index is 1040. The zero-order chi connectivity index (χ0) is 18.6. The number of hydrogen-bond acceptors (Lipinski definition) is 4. The van der Waals surface area contributed by atoms with Gasteiger partial charge in [-0.3, -0.25) is 4.57 Å². The number of nitrogens with zero attached hydrogens (tertiary/aromatic N) is 1. The molecule has 26 heavy (non-hydrogen) atoms. The lowest BCUT2D eigenvalue weighted by atomic mass is 10.3. The molecule has 0 saturated carbocycles. The van der Waals surface area contributed by atoms with Crippen LogP contribution in [0.15, 0.2) is 53.3 Å². The summed E-state index contributed by atoms with van der Waals surface area (Å²) >= 11 is 0. The van der Waals surface area contributed by atoms with Gasteiger partial charge in [-0.25, -0.2) is 22.3 Å². The number of ether oxygens (including phenoxy) is 1. The van der Waals surface area contributed by atoms with Crippen molar-refractivity contribution >= 4 is 21.1 Å². The third-order valence-corrected chi connectivity index (χ3v) is 5.12. The number of fused-ring (bicyclic) bond motifs is 1. The van der Waals surface area contributed by atoms with Crippen LogP contribution in [0.2, 0.25) is 0 Å². The number of benzene rings is 2. The van der Waals surface area contributed by atoms with Crippen molar-refractivity contribution in [3.8, 4) is 5.75 Å². The first kappa shape index (κ1) is 18.2. The molecule has 1 aromatic heterocycles. The van der Waals surface area contributed by atoms with Crippen LogP contribution in [0.3, 0.4) is 0 Å². The minimum atomic E-state index is -3.55. The summed E-state index contributed by atoms with van der Waals surface area (Å²) in [7, 11) is -3.55. The predicted octanol–water partition coefficient (Wildman–Crippen LogP) is 1.47. The summed E-state index contributed by atoms with van der Waals surface area (Å²) in [4.78, 5) is 14.6. The van der Waals surface area contributed by atoms with Gasteiger partial charge in [-0.2, -0.15) is 0 Å². The minimum absolute atomic E-state index is 0.0615. The number of aromatic amines is 1. The van der Waals surface area contributed by atoms with Crippen LogP contribution in [0.1, 0.15) is 0 Å². The topological polar surface area (TPSA) is 93.2 Å². The van der Waals surface area contributed by atoms with Crippen molar-refractivity contribution in [2.45, 2.75) is 6.54 Å². The SMILES string of the molecule is O=c1[nH]c2ccccc2n1CCNS(=O)(=O)CCOc1ccc(F)cc1. The number of imidazole rings is 1. The van der Waals surface area contributed by atoms with E-state index >= 15 is 0 Å². The van der Waals surface area contributed by atoms with Gasteiger partial charge in [-0.05, 0) is 36.4 Å². The molecule has 3 aromatic rings. The van der Waals surface area contributed by atoms with Gasteiger partial charge < -0.3 is 9.72 Å². The molecule has 1 heterocycles. The molecule has 0 saturated heterocycles. The van der Waals surface area contributed by atoms with Crippen LogP contribution < -0.4 is 15.1 Å². The van der Waals surface area contributed by atoms with Crippen molar-refractivity contribution in [3.63, 3.8) is 0 Å². The molecule has 0 amide bonds. The van der Waals surface area contributed by atoms with Gasteiger partial charge in [0.2, 0.25) is 10.0 Å². The Kier molecular flexibility index (Phi) is 5.38. The number of H-pyrrole nitrogens is 1. The van der Waals surface area contributed by atoms with E-state index in [-0.39, 0.29) is 37.0 Å². The van der Waals surface area contributed by atoms with Crippen LogP contribution in [0.25, 0.3) is 11.0 Å². The normalized spacial score (nSPS) is 11.7. The van der Waals surface area contributed by atoms with Gasteiger partial charge in [0.25, 0.3) is 0 Å². The maximum absolute atomic E-state index is 12.8. The Morgan fingerprint density at radius 1 is 1.12 bits per heavy atom. The number of para-hydroxylation sites is 2. The van der Waals surface area contributed by atoms with Crippen molar-refractivity contribution in [2.24, 2.45) is 0 Å². The highest BCUT2D eigenvalue weighted by molar-refractivity contribution is 7.89. The zero-order valence-electron chi connectivity index (χ0n) is 13.8. The van der Waals surface area contributed by atoms with Crippen LogP contribution in [-0.2, 0) is 16.6 Å². The summed E-state index contributed by atoms with van der Waals surface area (Å²) in [5.74, 6) is -0.237. The van der Waals surface area contributed by atoms with Gasteiger partial charge in [-0.1, -0.05) is 12.1 Å². The molecule has 2 N–H and O–H groups in total. The number of aromatic nitrogens is 2. The lowest BCUT2D eigenvalue weighted by Crippen LogP contribution is -2.33. The Labute approximate surface area is 149 Å². The highest BCUT2D eigenvalue weighted by atomic mass is 32.2. The van der Waals surface area contributed by atoms with E-state index in [1.807, 2.05) is 12.1 Å². The molecule has 0 radical (unpaired) electrons. The second-order valence-corrected chi connectivity index (χ2v) is 7.54. The second kappa shape index (κ2) is 7.71. The van der Waals surface area contributed by atoms with Crippen LogP contribution in [-0.4, -0.2) is 36.9 Å². The maximum atomic E-state index is 12.8. The molecule has 7 nitrogen and oxygen atoms in total. The molecular formula is C17H18FN3O4S. The van der Waals surface area contributed by atoms with Gasteiger partial charge in [0.05, 0.1) is 16.8 Å². The Morgan fingerprint density at radius 3 is 2.62 bits per heavy atom. The van der Waals surface area contributed by atoms with E-state index in [0.717, 1.165) is 5.52 Å². The van der Waals surface area contributed by atoms with E-state index < -0.39 is 10.0 Å². The lowest BCUT2D eigenvalue weighted by molar-refractivity contribution is 0.339. The number of sulfonamides is 1. The molecule has 0 aliphatic heterocycles. The van der Waals surface area contributed by atoms with E-state index in [0.29, 0.717) is 11.3 Å². The predicted molar refractivity (Wildman–Crippen MR) is 96.2 cm³/mol. The Hall–Kier alpha value is -2.65. The van der Waals surface area contributed by atoms with Crippen LogP contribution in [0, 0.1) is 5.82 Å². The van der Waals surface area contributed by atoms with E-state index in [9.17, 15) is 17.6 Å². The van der Waals surface area contributed by atoms with Crippen molar-refractivity contribution in [1.82, 2.24) is 14.3 Å². The largest absolute Gasteiger partial charge is 0.492 e. The summed E-state index contributed by atoms with van der Waals surface area (Å²) in [6.07, 6.45) is 0. The standard InChI is InChI=1S/C17H18FN3O4S/c18-13-5-7-14(8-6-13)25-11-12-26(23,24)19-9-10-21-16-4-2-1-3-15(16)20-17(21)22/h1-8,19H,9-12H2,(H,20,22). The summed E-state index contributed by atoms with van der Waals surface area (Å²) in [6, 6.07) is 12.5.